The van der Waals surface area contributed by atoms with Crippen LogP contribution in [0.1, 0.15) is 24.3 Å². The smallest absolute Gasteiger partial charge is 0.191 e. The fraction of sp³-hybridized carbons (Fsp3) is 0.421. The van der Waals surface area contributed by atoms with Gasteiger partial charge in [0.15, 0.2) is 5.96 Å². The highest BCUT2D eigenvalue weighted by molar-refractivity contribution is 14.0. The van der Waals surface area contributed by atoms with Crippen molar-refractivity contribution in [1.29, 1.82) is 0 Å². The zero-order chi connectivity index (χ0) is 18.3. The first kappa shape index (κ1) is 22.7. The Labute approximate surface area is 177 Å². The molecule has 0 saturated heterocycles. The average Bonchev–Trinajstić information content (AvgIpc) is 3.13. The van der Waals surface area contributed by atoms with Gasteiger partial charge >= 0.3 is 0 Å². The van der Waals surface area contributed by atoms with Crippen LogP contribution in [-0.2, 0) is 12.1 Å². The summed E-state index contributed by atoms with van der Waals surface area (Å²) in [4.78, 5) is 7.63. The minimum Gasteiger partial charge on any atom is -0.383 e. The Bertz CT molecular complexity index is 669. The van der Waals surface area contributed by atoms with Crippen molar-refractivity contribution in [2.45, 2.75) is 26.0 Å². The first-order valence-electron chi connectivity index (χ1n) is 8.47. The van der Waals surface area contributed by atoms with Crippen molar-refractivity contribution in [2.24, 2.45) is 4.99 Å². The lowest BCUT2D eigenvalue weighted by Crippen LogP contribution is -2.44. The maximum atomic E-state index is 10.6. The fourth-order valence-corrected chi connectivity index (χ4v) is 3.13. The summed E-state index contributed by atoms with van der Waals surface area (Å²) in [6.07, 6.45) is 0. The highest BCUT2D eigenvalue weighted by Gasteiger charge is 2.24. The highest BCUT2D eigenvalue weighted by Crippen LogP contribution is 2.24. The van der Waals surface area contributed by atoms with Gasteiger partial charge in [-0.15, -0.1) is 35.3 Å². The molecule has 0 aliphatic rings. The summed E-state index contributed by atoms with van der Waals surface area (Å²) in [5.41, 5.74) is 1.40. The van der Waals surface area contributed by atoms with Crippen LogP contribution in [0.4, 0.5) is 5.69 Å². The largest absolute Gasteiger partial charge is 0.383 e. The van der Waals surface area contributed by atoms with E-state index in [4.69, 9.17) is 0 Å². The number of guanidine groups is 1. The van der Waals surface area contributed by atoms with E-state index in [2.05, 4.69) is 44.8 Å². The van der Waals surface area contributed by atoms with E-state index in [1.165, 1.54) is 5.69 Å². The van der Waals surface area contributed by atoms with Gasteiger partial charge in [0, 0.05) is 31.2 Å². The zero-order valence-corrected chi connectivity index (χ0v) is 19.0. The molecule has 1 aromatic heterocycles. The number of rotatable bonds is 7. The molecule has 26 heavy (non-hydrogen) atoms. The van der Waals surface area contributed by atoms with Gasteiger partial charge < -0.3 is 20.6 Å². The van der Waals surface area contributed by atoms with E-state index in [-0.39, 0.29) is 24.0 Å². The maximum Gasteiger partial charge on any atom is 0.191 e. The first-order chi connectivity index (χ1) is 11.9. The Hall–Kier alpha value is -1.32. The van der Waals surface area contributed by atoms with Crippen molar-refractivity contribution in [3.63, 3.8) is 0 Å². The third kappa shape index (κ3) is 6.77. The second kappa shape index (κ2) is 10.7. The van der Waals surface area contributed by atoms with E-state index >= 15 is 0 Å². The van der Waals surface area contributed by atoms with E-state index < -0.39 is 5.60 Å². The van der Waals surface area contributed by atoms with Gasteiger partial charge in [0.2, 0.25) is 0 Å². The lowest BCUT2D eigenvalue weighted by atomic mass is 10.1. The predicted octanol–water partition coefficient (Wildman–Crippen LogP) is 3.39. The zero-order valence-electron chi connectivity index (χ0n) is 15.8. The van der Waals surface area contributed by atoms with Crippen LogP contribution in [0.2, 0.25) is 0 Å². The SMILES string of the molecule is CCNC(=NCc1ccc(N(C)C)cc1)NCC(C)(O)c1cccs1.I. The molecule has 0 radical (unpaired) electrons. The lowest BCUT2D eigenvalue weighted by Gasteiger charge is -2.23. The van der Waals surface area contributed by atoms with E-state index in [0.717, 1.165) is 17.0 Å². The Balaban J connectivity index is 0.00000338. The summed E-state index contributed by atoms with van der Waals surface area (Å²) in [6.45, 7) is 5.60. The van der Waals surface area contributed by atoms with Crippen molar-refractivity contribution in [2.75, 3.05) is 32.1 Å². The number of hydrogen-bond acceptors (Lipinski definition) is 4. The molecule has 0 amide bonds. The van der Waals surface area contributed by atoms with E-state index in [1.807, 2.05) is 45.5 Å². The van der Waals surface area contributed by atoms with E-state index in [0.29, 0.717) is 19.0 Å². The lowest BCUT2D eigenvalue weighted by molar-refractivity contribution is 0.0655. The number of aliphatic imine (C=N–C) groups is 1. The van der Waals surface area contributed by atoms with Crippen LogP contribution in [0, 0.1) is 0 Å². The molecule has 5 nitrogen and oxygen atoms in total. The van der Waals surface area contributed by atoms with Crippen molar-refractivity contribution < 1.29 is 5.11 Å². The van der Waals surface area contributed by atoms with E-state index in [9.17, 15) is 5.11 Å². The van der Waals surface area contributed by atoms with Crippen LogP contribution in [0.15, 0.2) is 46.8 Å². The summed E-state index contributed by atoms with van der Waals surface area (Å²) < 4.78 is 0. The molecule has 2 rings (SSSR count). The summed E-state index contributed by atoms with van der Waals surface area (Å²) in [5, 5.41) is 19.1. The number of nitrogens with zero attached hydrogens (tertiary/aromatic N) is 2. The summed E-state index contributed by atoms with van der Waals surface area (Å²) in [5.74, 6) is 0.705. The molecule has 7 heteroatoms. The Morgan fingerprint density at radius 3 is 2.42 bits per heavy atom. The van der Waals surface area contributed by atoms with Crippen LogP contribution in [0.3, 0.4) is 0 Å². The van der Waals surface area contributed by atoms with Crippen molar-refractivity contribution in [3.05, 3.63) is 52.2 Å². The third-order valence-corrected chi connectivity index (χ3v) is 4.99. The minimum atomic E-state index is -0.919. The first-order valence-corrected chi connectivity index (χ1v) is 9.35. The molecule has 144 valence electrons. The molecule has 0 aliphatic carbocycles. The topological polar surface area (TPSA) is 59.9 Å². The molecule has 1 unspecified atom stereocenters. The fourth-order valence-electron chi connectivity index (χ4n) is 2.34. The molecule has 3 N–H and O–H groups in total. The van der Waals surface area contributed by atoms with Crippen molar-refractivity contribution >= 4 is 47.0 Å². The molecule has 2 aromatic rings. The van der Waals surface area contributed by atoms with Crippen LogP contribution in [0.5, 0.6) is 0 Å². The van der Waals surface area contributed by atoms with Gasteiger partial charge in [-0.05, 0) is 43.0 Å². The van der Waals surface area contributed by atoms with Gasteiger partial charge in [0.25, 0.3) is 0 Å². The molecular formula is C19H29IN4OS. The van der Waals surface area contributed by atoms with E-state index in [1.54, 1.807) is 11.3 Å². The molecule has 0 spiro atoms. The highest BCUT2D eigenvalue weighted by atomic mass is 127. The molecule has 1 heterocycles. The van der Waals surface area contributed by atoms with Crippen LogP contribution < -0.4 is 15.5 Å². The van der Waals surface area contributed by atoms with Crippen LogP contribution in [-0.4, -0.2) is 38.3 Å². The Morgan fingerprint density at radius 1 is 1.19 bits per heavy atom. The summed E-state index contributed by atoms with van der Waals surface area (Å²) >= 11 is 1.55. The molecule has 0 aliphatic heterocycles. The number of anilines is 1. The van der Waals surface area contributed by atoms with Gasteiger partial charge in [0.1, 0.15) is 5.60 Å². The number of nitrogens with one attached hydrogen (secondary N) is 2. The number of halogens is 1. The van der Waals surface area contributed by atoms with Crippen LogP contribution in [0.25, 0.3) is 0 Å². The van der Waals surface area contributed by atoms with Gasteiger partial charge in [0.05, 0.1) is 13.1 Å². The minimum absolute atomic E-state index is 0. The molecule has 1 aromatic carbocycles. The number of aliphatic hydroxyl groups is 1. The summed E-state index contributed by atoms with van der Waals surface area (Å²) in [6, 6.07) is 12.3. The van der Waals surface area contributed by atoms with Gasteiger partial charge in [-0.25, -0.2) is 4.99 Å². The summed E-state index contributed by atoms with van der Waals surface area (Å²) in [7, 11) is 4.06. The second-order valence-electron chi connectivity index (χ2n) is 6.36. The number of benzene rings is 1. The van der Waals surface area contributed by atoms with Crippen molar-refractivity contribution in [1.82, 2.24) is 10.6 Å². The third-order valence-electron chi connectivity index (χ3n) is 3.87. The maximum absolute atomic E-state index is 10.6. The molecule has 1 atom stereocenters. The number of thiophene rings is 1. The van der Waals surface area contributed by atoms with Gasteiger partial charge in [-0.1, -0.05) is 18.2 Å². The Kier molecular flexibility index (Phi) is 9.38. The standard InChI is InChI=1S/C19H28N4OS.HI/c1-5-20-18(22-14-19(2,24)17-7-6-12-25-17)21-13-15-8-10-16(11-9-15)23(3)4;/h6-12,24H,5,13-14H2,1-4H3,(H2,20,21,22);1H. The normalized spacial score (nSPS) is 13.5. The molecule has 0 saturated carbocycles. The van der Waals surface area contributed by atoms with Crippen molar-refractivity contribution in [3.8, 4) is 0 Å². The second-order valence-corrected chi connectivity index (χ2v) is 7.31. The predicted molar refractivity (Wildman–Crippen MR) is 123 cm³/mol. The quantitative estimate of drug-likeness (QED) is 0.318. The molecule has 0 bridgehead atoms. The molecule has 0 fully saturated rings. The monoisotopic (exact) mass is 488 g/mol. The van der Waals surface area contributed by atoms with Crippen LogP contribution >= 0.6 is 35.3 Å². The van der Waals surface area contributed by atoms with Gasteiger partial charge in [-0.3, -0.25) is 0 Å². The molecular weight excluding hydrogens is 459 g/mol. The Morgan fingerprint density at radius 2 is 1.88 bits per heavy atom. The average molecular weight is 488 g/mol. The van der Waals surface area contributed by atoms with Gasteiger partial charge in [-0.2, -0.15) is 0 Å². The number of hydrogen-bond donors (Lipinski definition) is 3.